The standard InChI is InChI=1S/C19H15N3O/c1-2-15-7-6-8-17(11-15)21-19(23)12-16-13-20-22(14-16)18-9-4-3-5-10-18/h1,3-11,13-14H,12H2,(H,21,23). The van der Waals surface area contributed by atoms with Crippen LogP contribution in [0.5, 0.6) is 0 Å². The van der Waals surface area contributed by atoms with Crippen molar-refractivity contribution in [1.82, 2.24) is 9.78 Å². The van der Waals surface area contributed by atoms with Crippen molar-refractivity contribution in [3.8, 4) is 18.0 Å². The van der Waals surface area contributed by atoms with Gasteiger partial charge >= 0.3 is 0 Å². The van der Waals surface area contributed by atoms with Crippen LogP contribution >= 0.6 is 0 Å². The number of hydrogen-bond acceptors (Lipinski definition) is 2. The molecule has 1 N–H and O–H groups in total. The molecule has 0 fully saturated rings. The van der Waals surface area contributed by atoms with Gasteiger partial charge in [-0.25, -0.2) is 4.68 Å². The average molecular weight is 301 g/mol. The maximum atomic E-state index is 12.1. The van der Waals surface area contributed by atoms with Gasteiger partial charge in [0.1, 0.15) is 0 Å². The second kappa shape index (κ2) is 6.63. The third-order valence-corrected chi connectivity index (χ3v) is 3.33. The van der Waals surface area contributed by atoms with Gasteiger partial charge in [0.15, 0.2) is 0 Å². The number of aromatic nitrogens is 2. The first-order valence-electron chi connectivity index (χ1n) is 7.20. The average Bonchev–Trinajstić information content (AvgIpc) is 3.04. The number of nitrogens with one attached hydrogen (secondary N) is 1. The lowest BCUT2D eigenvalue weighted by Crippen LogP contribution is -2.14. The molecule has 4 heteroatoms. The number of nitrogens with zero attached hydrogens (tertiary/aromatic N) is 2. The normalized spacial score (nSPS) is 10.0. The van der Waals surface area contributed by atoms with Gasteiger partial charge in [0, 0.05) is 17.4 Å². The molecule has 0 spiro atoms. The van der Waals surface area contributed by atoms with Gasteiger partial charge in [-0.15, -0.1) is 6.42 Å². The smallest absolute Gasteiger partial charge is 0.228 e. The lowest BCUT2D eigenvalue weighted by Gasteiger charge is -2.04. The molecule has 3 rings (SSSR count). The van der Waals surface area contributed by atoms with Crippen molar-refractivity contribution in [3.05, 3.63) is 78.1 Å². The van der Waals surface area contributed by atoms with Crippen molar-refractivity contribution in [2.24, 2.45) is 0 Å². The highest BCUT2D eigenvalue weighted by Gasteiger charge is 2.07. The summed E-state index contributed by atoms with van der Waals surface area (Å²) in [5.74, 6) is 2.44. The van der Waals surface area contributed by atoms with Gasteiger partial charge in [0.2, 0.25) is 5.91 Å². The largest absolute Gasteiger partial charge is 0.326 e. The highest BCUT2D eigenvalue weighted by Crippen LogP contribution is 2.12. The fourth-order valence-electron chi connectivity index (χ4n) is 2.25. The highest BCUT2D eigenvalue weighted by atomic mass is 16.1. The zero-order chi connectivity index (χ0) is 16.1. The van der Waals surface area contributed by atoms with E-state index in [0.717, 1.165) is 16.8 Å². The summed E-state index contributed by atoms with van der Waals surface area (Å²) in [6, 6.07) is 17.0. The van der Waals surface area contributed by atoms with Crippen LogP contribution in [0.3, 0.4) is 0 Å². The molecule has 2 aromatic carbocycles. The van der Waals surface area contributed by atoms with Gasteiger partial charge in [-0.3, -0.25) is 4.79 Å². The Morgan fingerprint density at radius 3 is 2.78 bits per heavy atom. The molecule has 0 bridgehead atoms. The third-order valence-electron chi connectivity index (χ3n) is 3.33. The van der Waals surface area contributed by atoms with Crippen molar-refractivity contribution >= 4 is 11.6 Å². The van der Waals surface area contributed by atoms with Crippen molar-refractivity contribution in [3.63, 3.8) is 0 Å². The Hall–Kier alpha value is -3.32. The topological polar surface area (TPSA) is 46.9 Å². The summed E-state index contributed by atoms with van der Waals surface area (Å²) < 4.78 is 1.75. The van der Waals surface area contributed by atoms with Crippen molar-refractivity contribution in [2.75, 3.05) is 5.32 Å². The minimum atomic E-state index is -0.105. The first-order chi connectivity index (χ1) is 11.2. The van der Waals surface area contributed by atoms with Crippen LogP contribution in [0.2, 0.25) is 0 Å². The third kappa shape index (κ3) is 3.66. The molecule has 112 valence electrons. The highest BCUT2D eigenvalue weighted by molar-refractivity contribution is 5.92. The lowest BCUT2D eigenvalue weighted by molar-refractivity contribution is -0.115. The van der Waals surface area contributed by atoms with Gasteiger partial charge in [-0.2, -0.15) is 5.10 Å². The van der Waals surface area contributed by atoms with E-state index in [4.69, 9.17) is 6.42 Å². The molecule has 0 unspecified atom stereocenters. The van der Waals surface area contributed by atoms with E-state index in [1.165, 1.54) is 0 Å². The minimum absolute atomic E-state index is 0.105. The summed E-state index contributed by atoms with van der Waals surface area (Å²) in [5.41, 5.74) is 3.24. The maximum Gasteiger partial charge on any atom is 0.228 e. The van der Waals surface area contributed by atoms with Crippen molar-refractivity contribution < 1.29 is 4.79 Å². The first-order valence-corrected chi connectivity index (χ1v) is 7.20. The molecule has 0 aliphatic carbocycles. The predicted octanol–water partition coefficient (Wildman–Crippen LogP) is 3.03. The first kappa shape index (κ1) is 14.6. The number of carbonyl (C=O) groups is 1. The van der Waals surface area contributed by atoms with E-state index in [2.05, 4.69) is 16.3 Å². The quantitative estimate of drug-likeness (QED) is 0.753. The summed E-state index contributed by atoms with van der Waals surface area (Å²) in [6.45, 7) is 0. The molecule has 0 atom stereocenters. The van der Waals surface area contributed by atoms with E-state index in [0.29, 0.717) is 5.69 Å². The fourth-order valence-corrected chi connectivity index (χ4v) is 2.25. The van der Waals surface area contributed by atoms with Gasteiger partial charge in [-0.1, -0.05) is 30.2 Å². The Morgan fingerprint density at radius 2 is 2.00 bits per heavy atom. The molecular formula is C19H15N3O. The number of terminal acetylenes is 1. The number of anilines is 1. The van der Waals surface area contributed by atoms with E-state index in [-0.39, 0.29) is 12.3 Å². The monoisotopic (exact) mass is 301 g/mol. The van der Waals surface area contributed by atoms with E-state index < -0.39 is 0 Å². The molecule has 0 saturated heterocycles. The summed E-state index contributed by atoms with van der Waals surface area (Å²) in [6.07, 6.45) is 9.17. The fraction of sp³-hybridized carbons (Fsp3) is 0.0526. The zero-order valence-electron chi connectivity index (χ0n) is 12.4. The number of hydrogen-bond donors (Lipinski definition) is 1. The Balaban J connectivity index is 1.67. The number of rotatable bonds is 4. The van der Waals surface area contributed by atoms with Crippen LogP contribution in [0.15, 0.2) is 67.0 Å². The van der Waals surface area contributed by atoms with Gasteiger partial charge in [0.05, 0.1) is 18.3 Å². The summed E-state index contributed by atoms with van der Waals surface area (Å²) in [7, 11) is 0. The van der Waals surface area contributed by atoms with Crippen LogP contribution in [-0.4, -0.2) is 15.7 Å². The van der Waals surface area contributed by atoms with E-state index in [9.17, 15) is 4.79 Å². The Bertz CT molecular complexity index is 860. The van der Waals surface area contributed by atoms with E-state index in [1.807, 2.05) is 54.7 Å². The number of amides is 1. The molecule has 0 radical (unpaired) electrons. The zero-order valence-corrected chi connectivity index (χ0v) is 12.4. The number of carbonyl (C=O) groups excluding carboxylic acids is 1. The summed E-state index contributed by atoms with van der Waals surface area (Å²) in [5, 5.41) is 7.13. The Kier molecular flexibility index (Phi) is 4.21. The van der Waals surface area contributed by atoms with Gasteiger partial charge < -0.3 is 5.32 Å². The molecule has 1 heterocycles. The van der Waals surface area contributed by atoms with E-state index in [1.54, 1.807) is 16.9 Å². The second-order valence-corrected chi connectivity index (χ2v) is 5.08. The molecular weight excluding hydrogens is 286 g/mol. The number of benzene rings is 2. The van der Waals surface area contributed by atoms with Crippen LogP contribution in [0.25, 0.3) is 5.69 Å². The molecule has 3 aromatic rings. The van der Waals surface area contributed by atoms with Gasteiger partial charge in [-0.05, 0) is 35.9 Å². The number of para-hydroxylation sites is 1. The van der Waals surface area contributed by atoms with Gasteiger partial charge in [0.25, 0.3) is 0 Å². The lowest BCUT2D eigenvalue weighted by atomic mass is 10.2. The Labute approximate surface area is 134 Å². The summed E-state index contributed by atoms with van der Waals surface area (Å²) in [4.78, 5) is 12.1. The SMILES string of the molecule is C#Cc1cccc(NC(=O)Cc2cnn(-c3ccccc3)c2)c1. The molecule has 1 aromatic heterocycles. The molecule has 4 nitrogen and oxygen atoms in total. The predicted molar refractivity (Wildman–Crippen MR) is 90.3 cm³/mol. The van der Waals surface area contributed by atoms with E-state index >= 15 is 0 Å². The van der Waals surface area contributed by atoms with Crippen LogP contribution < -0.4 is 5.32 Å². The summed E-state index contributed by atoms with van der Waals surface area (Å²) >= 11 is 0. The molecule has 0 saturated carbocycles. The second-order valence-electron chi connectivity index (χ2n) is 5.08. The molecule has 1 amide bonds. The molecule has 0 aliphatic rings. The van der Waals surface area contributed by atoms with Crippen molar-refractivity contribution in [2.45, 2.75) is 6.42 Å². The van der Waals surface area contributed by atoms with Crippen LogP contribution in [0, 0.1) is 12.3 Å². The minimum Gasteiger partial charge on any atom is -0.326 e. The van der Waals surface area contributed by atoms with Crippen molar-refractivity contribution in [1.29, 1.82) is 0 Å². The van der Waals surface area contributed by atoms with Crippen LogP contribution in [0.1, 0.15) is 11.1 Å². The molecule has 23 heavy (non-hydrogen) atoms. The maximum absolute atomic E-state index is 12.1. The van der Waals surface area contributed by atoms with Crippen LogP contribution in [0.4, 0.5) is 5.69 Å². The Morgan fingerprint density at radius 1 is 1.17 bits per heavy atom. The van der Waals surface area contributed by atoms with Crippen LogP contribution in [-0.2, 0) is 11.2 Å². The molecule has 0 aliphatic heterocycles.